The van der Waals surface area contributed by atoms with E-state index in [1.165, 1.54) is 0 Å². The van der Waals surface area contributed by atoms with Crippen LogP contribution < -0.4 is 10.2 Å². The molecule has 1 N–H and O–H groups in total. The Morgan fingerprint density at radius 3 is 2.79 bits per heavy atom. The van der Waals surface area contributed by atoms with E-state index in [0.717, 1.165) is 44.3 Å². The molecule has 0 bridgehead atoms. The number of carbonyl (C=O) groups excluding carboxylic acids is 1. The summed E-state index contributed by atoms with van der Waals surface area (Å²) in [6.07, 6.45) is 2.82. The zero-order valence-electron chi connectivity index (χ0n) is 11.2. The Morgan fingerprint density at radius 1 is 1.42 bits per heavy atom. The second-order valence-electron chi connectivity index (χ2n) is 5.26. The highest BCUT2D eigenvalue weighted by atomic mass is 32.1. The SMILES string of the molecule is CC1NCCC1C(=O)N1CCN(c2nccs2)CC1. The molecule has 0 aliphatic carbocycles. The van der Waals surface area contributed by atoms with Gasteiger partial charge < -0.3 is 15.1 Å². The number of aromatic nitrogens is 1. The predicted octanol–water partition coefficient (Wildman–Crippen LogP) is 0.790. The molecule has 2 saturated heterocycles. The van der Waals surface area contributed by atoms with Gasteiger partial charge in [-0.1, -0.05) is 0 Å². The largest absolute Gasteiger partial charge is 0.345 e. The second-order valence-corrected chi connectivity index (χ2v) is 6.14. The molecule has 2 aliphatic heterocycles. The summed E-state index contributed by atoms with van der Waals surface area (Å²) in [6.45, 7) is 6.52. The van der Waals surface area contributed by atoms with Gasteiger partial charge in [0.1, 0.15) is 0 Å². The van der Waals surface area contributed by atoms with Gasteiger partial charge in [-0.25, -0.2) is 4.98 Å². The van der Waals surface area contributed by atoms with E-state index in [4.69, 9.17) is 0 Å². The smallest absolute Gasteiger partial charge is 0.227 e. The van der Waals surface area contributed by atoms with Gasteiger partial charge in [0.05, 0.1) is 5.92 Å². The van der Waals surface area contributed by atoms with Gasteiger partial charge in [0.2, 0.25) is 5.91 Å². The van der Waals surface area contributed by atoms with E-state index in [2.05, 4.69) is 22.1 Å². The molecule has 0 aromatic carbocycles. The van der Waals surface area contributed by atoms with E-state index in [9.17, 15) is 4.79 Å². The summed E-state index contributed by atoms with van der Waals surface area (Å²) in [5, 5.41) is 6.43. The Morgan fingerprint density at radius 2 is 2.21 bits per heavy atom. The molecule has 1 amide bonds. The van der Waals surface area contributed by atoms with E-state index in [0.29, 0.717) is 11.9 Å². The molecule has 2 atom stereocenters. The number of anilines is 1. The minimum absolute atomic E-state index is 0.173. The zero-order valence-corrected chi connectivity index (χ0v) is 12.0. The number of nitrogens with one attached hydrogen (secondary N) is 1. The highest BCUT2D eigenvalue weighted by Gasteiger charge is 2.34. The van der Waals surface area contributed by atoms with E-state index in [-0.39, 0.29) is 5.92 Å². The molecule has 0 saturated carbocycles. The fourth-order valence-electron chi connectivity index (χ4n) is 2.92. The third kappa shape index (κ3) is 2.60. The van der Waals surface area contributed by atoms with Gasteiger partial charge in [0.15, 0.2) is 5.13 Å². The van der Waals surface area contributed by atoms with Crippen molar-refractivity contribution in [3.8, 4) is 0 Å². The Hall–Kier alpha value is -1.14. The molecule has 1 aromatic rings. The van der Waals surface area contributed by atoms with Crippen molar-refractivity contribution in [1.82, 2.24) is 15.2 Å². The second kappa shape index (κ2) is 5.46. The first kappa shape index (κ1) is 12.9. The van der Waals surface area contributed by atoms with Crippen LogP contribution in [0.15, 0.2) is 11.6 Å². The number of hydrogen-bond donors (Lipinski definition) is 1. The Kier molecular flexibility index (Phi) is 3.70. The average molecular weight is 280 g/mol. The van der Waals surface area contributed by atoms with Gasteiger partial charge in [-0.3, -0.25) is 4.79 Å². The van der Waals surface area contributed by atoms with Gasteiger partial charge in [0.25, 0.3) is 0 Å². The van der Waals surface area contributed by atoms with Crippen LogP contribution in [0.2, 0.25) is 0 Å². The molecule has 3 heterocycles. The monoisotopic (exact) mass is 280 g/mol. The summed E-state index contributed by atoms with van der Waals surface area (Å²) in [5.74, 6) is 0.503. The molecule has 2 unspecified atom stereocenters. The number of amides is 1. The van der Waals surface area contributed by atoms with Crippen LogP contribution in [-0.4, -0.2) is 54.6 Å². The zero-order chi connectivity index (χ0) is 13.2. The van der Waals surface area contributed by atoms with Crippen LogP contribution in [0.4, 0.5) is 5.13 Å². The quantitative estimate of drug-likeness (QED) is 0.870. The van der Waals surface area contributed by atoms with Crippen molar-refractivity contribution >= 4 is 22.4 Å². The number of hydrogen-bond acceptors (Lipinski definition) is 5. The van der Waals surface area contributed by atoms with E-state index >= 15 is 0 Å². The molecule has 104 valence electrons. The summed E-state index contributed by atoms with van der Waals surface area (Å²) in [7, 11) is 0. The summed E-state index contributed by atoms with van der Waals surface area (Å²) in [6, 6.07) is 0.324. The van der Waals surface area contributed by atoms with Crippen LogP contribution in [0.3, 0.4) is 0 Å². The van der Waals surface area contributed by atoms with Crippen molar-refractivity contribution in [2.75, 3.05) is 37.6 Å². The van der Waals surface area contributed by atoms with Crippen molar-refractivity contribution < 1.29 is 4.79 Å². The fraction of sp³-hybridized carbons (Fsp3) is 0.692. The summed E-state index contributed by atoms with van der Waals surface area (Å²) >= 11 is 1.67. The number of rotatable bonds is 2. The lowest BCUT2D eigenvalue weighted by Gasteiger charge is -2.36. The molecule has 2 fully saturated rings. The molecule has 6 heteroatoms. The van der Waals surface area contributed by atoms with Crippen LogP contribution >= 0.6 is 11.3 Å². The first-order chi connectivity index (χ1) is 9.25. The minimum atomic E-state index is 0.173. The number of nitrogens with zero attached hydrogens (tertiary/aromatic N) is 3. The van der Waals surface area contributed by atoms with Gasteiger partial charge >= 0.3 is 0 Å². The molecule has 0 radical (unpaired) electrons. The minimum Gasteiger partial charge on any atom is -0.345 e. The normalized spacial score (nSPS) is 27.8. The van der Waals surface area contributed by atoms with E-state index in [1.807, 2.05) is 16.5 Å². The molecular weight excluding hydrogens is 260 g/mol. The molecule has 19 heavy (non-hydrogen) atoms. The molecule has 3 rings (SSSR count). The molecular formula is C13H20N4OS. The van der Waals surface area contributed by atoms with Gasteiger partial charge in [-0.15, -0.1) is 11.3 Å². The Bertz CT molecular complexity index is 428. The lowest BCUT2D eigenvalue weighted by atomic mass is 10.00. The summed E-state index contributed by atoms with van der Waals surface area (Å²) in [5.41, 5.74) is 0. The van der Waals surface area contributed by atoms with Crippen LogP contribution in [0, 0.1) is 5.92 Å². The average Bonchev–Trinajstić information content (AvgIpc) is 3.09. The molecule has 0 spiro atoms. The molecule has 5 nitrogen and oxygen atoms in total. The number of piperazine rings is 1. The molecule has 2 aliphatic rings. The third-order valence-corrected chi connectivity index (χ3v) is 4.96. The highest BCUT2D eigenvalue weighted by Crippen LogP contribution is 2.22. The Balaban J connectivity index is 1.56. The third-order valence-electron chi connectivity index (χ3n) is 4.12. The standard InChI is InChI=1S/C13H20N4OS/c1-10-11(2-3-14-10)12(18)16-5-7-17(8-6-16)13-15-4-9-19-13/h4,9-11,14H,2-3,5-8H2,1H3. The number of thiazole rings is 1. The maximum Gasteiger partial charge on any atom is 0.227 e. The first-order valence-electron chi connectivity index (χ1n) is 6.92. The van der Waals surface area contributed by atoms with Gasteiger partial charge in [-0.05, 0) is 19.9 Å². The van der Waals surface area contributed by atoms with Crippen molar-refractivity contribution in [3.63, 3.8) is 0 Å². The van der Waals surface area contributed by atoms with Crippen molar-refractivity contribution in [2.45, 2.75) is 19.4 Å². The van der Waals surface area contributed by atoms with Crippen molar-refractivity contribution in [2.24, 2.45) is 5.92 Å². The van der Waals surface area contributed by atoms with Crippen molar-refractivity contribution in [3.05, 3.63) is 11.6 Å². The predicted molar refractivity (Wildman–Crippen MR) is 76.5 cm³/mol. The van der Waals surface area contributed by atoms with E-state index < -0.39 is 0 Å². The van der Waals surface area contributed by atoms with Crippen LogP contribution in [-0.2, 0) is 4.79 Å². The lowest BCUT2D eigenvalue weighted by molar-refractivity contribution is -0.136. The highest BCUT2D eigenvalue weighted by molar-refractivity contribution is 7.13. The summed E-state index contributed by atoms with van der Waals surface area (Å²) in [4.78, 5) is 21.1. The fourth-order valence-corrected chi connectivity index (χ4v) is 3.62. The first-order valence-corrected chi connectivity index (χ1v) is 7.80. The lowest BCUT2D eigenvalue weighted by Crippen LogP contribution is -2.51. The van der Waals surface area contributed by atoms with Crippen LogP contribution in [0.25, 0.3) is 0 Å². The van der Waals surface area contributed by atoms with Crippen molar-refractivity contribution in [1.29, 1.82) is 0 Å². The topological polar surface area (TPSA) is 48.5 Å². The van der Waals surface area contributed by atoms with Gasteiger partial charge in [0, 0.05) is 43.8 Å². The Labute approximate surface area is 117 Å². The maximum absolute atomic E-state index is 12.5. The van der Waals surface area contributed by atoms with Crippen LogP contribution in [0.5, 0.6) is 0 Å². The van der Waals surface area contributed by atoms with Crippen LogP contribution in [0.1, 0.15) is 13.3 Å². The van der Waals surface area contributed by atoms with Gasteiger partial charge in [-0.2, -0.15) is 0 Å². The number of carbonyl (C=O) groups is 1. The maximum atomic E-state index is 12.5. The molecule has 1 aromatic heterocycles. The summed E-state index contributed by atoms with van der Waals surface area (Å²) < 4.78 is 0. The van der Waals surface area contributed by atoms with E-state index in [1.54, 1.807) is 11.3 Å².